The van der Waals surface area contributed by atoms with Crippen molar-refractivity contribution in [2.24, 2.45) is 0 Å². The molecule has 4 heteroatoms. The molecule has 0 bridgehead atoms. The summed E-state index contributed by atoms with van der Waals surface area (Å²) in [6, 6.07) is 1.51. The molecule has 0 radical (unpaired) electrons. The molecule has 0 atom stereocenters. The van der Waals surface area contributed by atoms with Gasteiger partial charge in [0.15, 0.2) is 6.29 Å². The summed E-state index contributed by atoms with van der Waals surface area (Å²) in [7, 11) is -0.221. The molecular formula is C5H5BO3. The summed E-state index contributed by atoms with van der Waals surface area (Å²) in [5.74, 6) is 0. The molecule has 0 fully saturated rings. The Morgan fingerprint density at radius 3 is 3.00 bits per heavy atom. The Balaban J connectivity index is 2.98. The van der Waals surface area contributed by atoms with Crippen LogP contribution in [0.5, 0.6) is 0 Å². The molecule has 1 N–H and O–H groups in total. The van der Waals surface area contributed by atoms with Gasteiger partial charge in [-0.1, -0.05) is 0 Å². The van der Waals surface area contributed by atoms with E-state index in [-0.39, 0.29) is 7.48 Å². The highest BCUT2D eigenvalue weighted by Gasteiger charge is 2.03. The standard InChI is InChI=1S/C5H5BO3/c7-3-4-1-2-9-5(4)6-8/h1-3,6,8H. The van der Waals surface area contributed by atoms with Gasteiger partial charge in [0.05, 0.1) is 6.26 Å². The molecule has 9 heavy (non-hydrogen) atoms. The lowest BCUT2D eigenvalue weighted by Crippen LogP contribution is -2.14. The molecule has 0 spiro atoms. The van der Waals surface area contributed by atoms with Gasteiger partial charge in [0.1, 0.15) is 5.66 Å². The van der Waals surface area contributed by atoms with E-state index < -0.39 is 0 Å². The smallest absolute Gasteiger partial charge is 0.348 e. The van der Waals surface area contributed by atoms with Crippen LogP contribution in [0.3, 0.4) is 0 Å². The lowest BCUT2D eigenvalue weighted by atomic mass is 9.94. The Hall–Kier alpha value is -1.03. The maximum Gasteiger partial charge on any atom is 0.348 e. The molecule has 0 aliphatic heterocycles. The van der Waals surface area contributed by atoms with Crippen LogP contribution in [0.25, 0.3) is 0 Å². The quantitative estimate of drug-likeness (QED) is 0.408. The zero-order valence-electron chi connectivity index (χ0n) is 4.70. The zero-order valence-corrected chi connectivity index (χ0v) is 4.70. The number of hydrogen-bond donors (Lipinski definition) is 1. The van der Waals surface area contributed by atoms with E-state index in [4.69, 9.17) is 9.44 Å². The van der Waals surface area contributed by atoms with Crippen molar-refractivity contribution in [2.75, 3.05) is 0 Å². The first kappa shape index (κ1) is 6.10. The van der Waals surface area contributed by atoms with Gasteiger partial charge in [0, 0.05) is 5.56 Å². The van der Waals surface area contributed by atoms with E-state index in [1.807, 2.05) is 0 Å². The first-order valence-electron chi connectivity index (χ1n) is 2.51. The first-order valence-corrected chi connectivity index (χ1v) is 2.51. The van der Waals surface area contributed by atoms with Crippen LogP contribution >= 0.6 is 0 Å². The molecule has 0 aromatic carbocycles. The van der Waals surface area contributed by atoms with Crippen molar-refractivity contribution in [3.05, 3.63) is 17.9 Å². The van der Waals surface area contributed by atoms with E-state index in [1.54, 1.807) is 0 Å². The van der Waals surface area contributed by atoms with Crippen LogP contribution in [0.1, 0.15) is 10.4 Å². The third kappa shape index (κ3) is 1.03. The van der Waals surface area contributed by atoms with Crippen molar-refractivity contribution in [1.29, 1.82) is 0 Å². The summed E-state index contributed by atoms with van der Waals surface area (Å²) in [6.45, 7) is 0. The predicted molar refractivity (Wildman–Crippen MR) is 33.1 cm³/mol. The summed E-state index contributed by atoms with van der Waals surface area (Å²) in [5.41, 5.74) is 0.738. The molecule has 3 nitrogen and oxygen atoms in total. The summed E-state index contributed by atoms with van der Waals surface area (Å²) >= 11 is 0. The van der Waals surface area contributed by atoms with E-state index in [1.165, 1.54) is 12.3 Å². The highest BCUT2D eigenvalue weighted by Crippen LogP contribution is 1.90. The second kappa shape index (κ2) is 2.50. The summed E-state index contributed by atoms with van der Waals surface area (Å²) < 4.78 is 4.72. The average Bonchev–Trinajstić information content (AvgIpc) is 2.33. The van der Waals surface area contributed by atoms with Gasteiger partial charge in [-0.2, -0.15) is 0 Å². The number of carbonyl (C=O) groups excluding carboxylic acids is 1. The molecule has 0 aliphatic rings. The van der Waals surface area contributed by atoms with E-state index in [0.717, 1.165) is 0 Å². The summed E-state index contributed by atoms with van der Waals surface area (Å²) in [6.07, 6.45) is 2.02. The van der Waals surface area contributed by atoms with E-state index in [0.29, 0.717) is 17.5 Å². The highest BCUT2D eigenvalue weighted by molar-refractivity contribution is 6.45. The Morgan fingerprint density at radius 2 is 2.56 bits per heavy atom. The fraction of sp³-hybridized carbons (Fsp3) is 0. The average molecular weight is 124 g/mol. The monoisotopic (exact) mass is 124 g/mol. The van der Waals surface area contributed by atoms with Crippen molar-refractivity contribution in [3.8, 4) is 0 Å². The minimum atomic E-state index is -0.221. The summed E-state index contributed by atoms with van der Waals surface area (Å²) in [5, 5.41) is 8.49. The Morgan fingerprint density at radius 1 is 1.78 bits per heavy atom. The van der Waals surface area contributed by atoms with E-state index in [2.05, 4.69) is 0 Å². The molecule has 0 saturated heterocycles. The Labute approximate surface area is 52.6 Å². The number of carbonyl (C=O) groups is 1. The van der Waals surface area contributed by atoms with Crippen molar-refractivity contribution in [3.63, 3.8) is 0 Å². The fourth-order valence-electron chi connectivity index (χ4n) is 0.584. The van der Waals surface area contributed by atoms with Crippen molar-refractivity contribution < 1.29 is 14.2 Å². The van der Waals surface area contributed by atoms with Gasteiger partial charge < -0.3 is 9.44 Å². The molecule has 1 aromatic rings. The van der Waals surface area contributed by atoms with Crippen LogP contribution in [-0.2, 0) is 0 Å². The van der Waals surface area contributed by atoms with Gasteiger partial charge >= 0.3 is 7.48 Å². The molecular weight excluding hydrogens is 119 g/mol. The van der Waals surface area contributed by atoms with Gasteiger partial charge in [-0.05, 0) is 6.07 Å². The molecule has 1 heterocycles. The van der Waals surface area contributed by atoms with Gasteiger partial charge in [-0.15, -0.1) is 0 Å². The molecule has 0 saturated carbocycles. The number of rotatable bonds is 2. The molecule has 0 amide bonds. The lowest BCUT2D eigenvalue weighted by molar-refractivity contribution is 0.112. The molecule has 1 aromatic heterocycles. The molecule has 46 valence electrons. The minimum absolute atomic E-state index is 0.221. The molecule has 1 rings (SSSR count). The highest BCUT2D eigenvalue weighted by atomic mass is 16.3. The van der Waals surface area contributed by atoms with Gasteiger partial charge in [-0.25, -0.2) is 0 Å². The van der Waals surface area contributed by atoms with E-state index >= 15 is 0 Å². The van der Waals surface area contributed by atoms with Crippen molar-refractivity contribution in [2.45, 2.75) is 0 Å². The van der Waals surface area contributed by atoms with Crippen LogP contribution in [-0.4, -0.2) is 18.8 Å². The molecule has 0 aliphatic carbocycles. The Bertz CT molecular complexity index is 206. The third-order valence-electron chi connectivity index (χ3n) is 1.05. The van der Waals surface area contributed by atoms with Crippen LogP contribution in [0, 0.1) is 0 Å². The number of hydrogen-bond acceptors (Lipinski definition) is 3. The SMILES string of the molecule is O=Cc1ccoc1BO. The maximum absolute atomic E-state index is 10.1. The largest absolute Gasteiger partial charge is 0.476 e. The normalized spacial score (nSPS) is 9.00. The lowest BCUT2D eigenvalue weighted by Gasteiger charge is -1.83. The van der Waals surface area contributed by atoms with Crippen LogP contribution in [0.15, 0.2) is 16.7 Å². The van der Waals surface area contributed by atoms with Gasteiger partial charge in [-0.3, -0.25) is 4.79 Å². The van der Waals surface area contributed by atoms with Crippen molar-refractivity contribution in [1.82, 2.24) is 0 Å². The molecule has 0 unspecified atom stereocenters. The number of furan rings is 1. The first-order chi connectivity index (χ1) is 4.38. The van der Waals surface area contributed by atoms with Gasteiger partial charge in [0.25, 0.3) is 0 Å². The third-order valence-corrected chi connectivity index (χ3v) is 1.05. The minimum Gasteiger partial charge on any atom is -0.476 e. The van der Waals surface area contributed by atoms with Crippen molar-refractivity contribution >= 4 is 19.4 Å². The second-order valence-electron chi connectivity index (χ2n) is 1.58. The van der Waals surface area contributed by atoms with Crippen LogP contribution < -0.4 is 5.66 Å². The predicted octanol–water partition coefficient (Wildman–Crippen LogP) is -0.939. The summed E-state index contributed by atoms with van der Waals surface area (Å²) in [4.78, 5) is 10.1. The Kier molecular flexibility index (Phi) is 1.70. The van der Waals surface area contributed by atoms with Crippen LogP contribution in [0.2, 0.25) is 0 Å². The van der Waals surface area contributed by atoms with Crippen LogP contribution in [0.4, 0.5) is 0 Å². The second-order valence-corrected chi connectivity index (χ2v) is 1.58. The fourth-order valence-corrected chi connectivity index (χ4v) is 0.584. The van der Waals surface area contributed by atoms with E-state index in [9.17, 15) is 4.79 Å². The topological polar surface area (TPSA) is 50.4 Å². The van der Waals surface area contributed by atoms with Gasteiger partial charge in [0.2, 0.25) is 0 Å². The maximum atomic E-state index is 10.1. The zero-order chi connectivity index (χ0) is 6.69. The number of aldehydes is 1.